The van der Waals surface area contributed by atoms with Crippen LogP contribution in [0.25, 0.3) is 11.1 Å². The Balaban J connectivity index is 1.72. The van der Waals surface area contributed by atoms with Crippen molar-refractivity contribution < 1.29 is 27.1 Å². The molecule has 2 N–H and O–H groups in total. The summed E-state index contributed by atoms with van der Waals surface area (Å²) >= 11 is 0. The first kappa shape index (κ1) is 30.2. The molecular formula is C29H33F4N5O3. The van der Waals surface area contributed by atoms with Crippen LogP contribution in [0.2, 0.25) is 0 Å². The number of anilines is 2. The Bertz CT molecular complexity index is 1430. The number of carbonyl (C=O) groups is 1. The van der Waals surface area contributed by atoms with Gasteiger partial charge in [0.15, 0.2) is 0 Å². The standard InChI is InChI=1S/C29H33F4N5O3/c1-36(2)8-9-37(3)26-7-5-20(21-14-19(4-6-24(21)30)18-38-10-12-41-13-11-38)15-25(26)35-28(40)22-17-34-27(39)16-23(22)29(31,32)33/h4-7,14-17H,8-13,18H2,1-3H3,(H,34,39)(H,35,40). The molecule has 3 aromatic rings. The van der Waals surface area contributed by atoms with Crippen molar-refractivity contribution in [1.82, 2.24) is 14.8 Å². The third-order valence-electron chi connectivity index (χ3n) is 6.86. The summed E-state index contributed by atoms with van der Waals surface area (Å²) < 4.78 is 61.4. The second kappa shape index (κ2) is 12.8. The van der Waals surface area contributed by atoms with Gasteiger partial charge in [0.2, 0.25) is 5.56 Å². The summed E-state index contributed by atoms with van der Waals surface area (Å²) in [7, 11) is 5.60. The van der Waals surface area contributed by atoms with Crippen molar-refractivity contribution in [2.75, 3.05) is 70.8 Å². The molecule has 0 atom stereocenters. The van der Waals surface area contributed by atoms with Crippen molar-refractivity contribution >= 4 is 17.3 Å². The fraction of sp³-hybridized carbons (Fsp3) is 0.379. The zero-order valence-corrected chi connectivity index (χ0v) is 23.1. The molecule has 0 radical (unpaired) electrons. The monoisotopic (exact) mass is 575 g/mol. The van der Waals surface area contributed by atoms with E-state index in [1.165, 1.54) is 6.07 Å². The molecule has 0 bridgehead atoms. The van der Waals surface area contributed by atoms with Crippen LogP contribution in [-0.2, 0) is 17.5 Å². The topological polar surface area (TPSA) is 80.9 Å². The van der Waals surface area contributed by atoms with E-state index in [9.17, 15) is 22.8 Å². The van der Waals surface area contributed by atoms with Crippen LogP contribution in [0.4, 0.5) is 28.9 Å². The highest BCUT2D eigenvalue weighted by Gasteiger charge is 2.36. The van der Waals surface area contributed by atoms with Crippen molar-refractivity contribution in [1.29, 1.82) is 0 Å². The Labute approximate surface area is 235 Å². The molecule has 1 aliphatic heterocycles. The molecule has 1 aliphatic rings. The molecule has 41 heavy (non-hydrogen) atoms. The van der Waals surface area contributed by atoms with Crippen LogP contribution in [0.15, 0.2) is 53.5 Å². The second-order valence-electron chi connectivity index (χ2n) is 10.2. The number of aromatic nitrogens is 1. The van der Waals surface area contributed by atoms with Crippen molar-refractivity contribution in [3.63, 3.8) is 0 Å². The number of hydrogen-bond acceptors (Lipinski definition) is 6. The summed E-state index contributed by atoms with van der Waals surface area (Å²) in [5.74, 6) is -1.53. The number of alkyl halides is 3. The first-order valence-corrected chi connectivity index (χ1v) is 13.1. The van der Waals surface area contributed by atoms with E-state index >= 15 is 4.39 Å². The third-order valence-corrected chi connectivity index (χ3v) is 6.86. The van der Waals surface area contributed by atoms with Crippen molar-refractivity contribution in [3.8, 4) is 11.1 Å². The number of pyridine rings is 1. The minimum Gasteiger partial charge on any atom is -0.379 e. The minimum atomic E-state index is -4.92. The number of likely N-dealkylation sites (N-methyl/N-ethyl adjacent to an activating group) is 2. The van der Waals surface area contributed by atoms with E-state index < -0.39 is 34.6 Å². The van der Waals surface area contributed by atoms with Gasteiger partial charge < -0.3 is 24.8 Å². The third kappa shape index (κ3) is 7.72. The number of nitrogens with one attached hydrogen (secondary N) is 2. The van der Waals surface area contributed by atoms with Gasteiger partial charge in [-0.2, -0.15) is 13.2 Å². The van der Waals surface area contributed by atoms with Gasteiger partial charge >= 0.3 is 6.18 Å². The molecule has 220 valence electrons. The highest BCUT2D eigenvalue weighted by atomic mass is 19.4. The van der Waals surface area contributed by atoms with E-state index in [-0.39, 0.29) is 5.69 Å². The van der Waals surface area contributed by atoms with Crippen LogP contribution >= 0.6 is 0 Å². The van der Waals surface area contributed by atoms with Gasteiger partial charge in [0.25, 0.3) is 5.91 Å². The van der Waals surface area contributed by atoms with E-state index in [1.807, 2.05) is 23.9 Å². The average Bonchev–Trinajstić information content (AvgIpc) is 2.92. The summed E-state index contributed by atoms with van der Waals surface area (Å²) in [6, 6.07) is 10.2. The smallest absolute Gasteiger partial charge is 0.379 e. The van der Waals surface area contributed by atoms with Crippen molar-refractivity contribution in [2.24, 2.45) is 0 Å². The average molecular weight is 576 g/mol. The van der Waals surface area contributed by atoms with E-state index in [0.29, 0.717) is 55.7 Å². The predicted molar refractivity (Wildman–Crippen MR) is 150 cm³/mol. The molecule has 8 nitrogen and oxygen atoms in total. The molecule has 2 aromatic carbocycles. The molecule has 0 aliphatic carbocycles. The number of carbonyl (C=O) groups excluding carboxylic acids is 1. The lowest BCUT2D eigenvalue weighted by molar-refractivity contribution is -0.138. The number of amides is 1. The number of aromatic amines is 1. The zero-order chi connectivity index (χ0) is 29.7. The molecule has 1 aromatic heterocycles. The molecule has 2 heterocycles. The van der Waals surface area contributed by atoms with Crippen LogP contribution in [0.3, 0.4) is 0 Å². The molecule has 1 amide bonds. The zero-order valence-electron chi connectivity index (χ0n) is 23.1. The summed E-state index contributed by atoms with van der Waals surface area (Å²) in [6.45, 7) is 4.62. The number of benzene rings is 2. The first-order valence-electron chi connectivity index (χ1n) is 13.1. The molecule has 1 saturated heterocycles. The van der Waals surface area contributed by atoms with Crippen molar-refractivity contribution in [2.45, 2.75) is 12.7 Å². The number of halogens is 4. The van der Waals surface area contributed by atoms with Gasteiger partial charge in [-0.05, 0) is 49.5 Å². The Morgan fingerprint density at radius 3 is 2.46 bits per heavy atom. The number of morpholine rings is 1. The maximum Gasteiger partial charge on any atom is 0.417 e. The fourth-order valence-electron chi connectivity index (χ4n) is 4.60. The summed E-state index contributed by atoms with van der Waals surface area (Å²) in [5, 5.41) is 2.58. The molecule has 1 fully saturated rings. The van der Waals surface area contributed by atoms with Crippen LogP contribution in [0.1, 0.15) is 21.5 Å². The van der Waals surface area contributed by atoms with Crippen LogP contribution in [0.5, 0.6) is 0 Å². The number of rotatable bonds is 9. The molecule has 12 heteroatoms. The molecule has 0 spiro atoms. The van der Waals surface area contributed by atoms with Crippen LogP contribution in [-0.4, -0.2) is 81.2 Å². The number of H-pyrrole nitrogens is 1. The summed E-state index contributed by atoms with van der Waals surface area (Å²) in [5.41, 5.74) is -0.686. The minimum absolute atomic E-state index is 0.200. The number of hydrogen-bond donors (Lipinski definition) is 2. The van der Waals surface area contributed by atoms with Gasteiger partial charge in [0.1, 0.15) is 5.82 Å². The maximum absolute atomic E-state index is 15.1. The highest BCUT2D eigenvalue weighted by molar-refractivity contribution is 6.07. The summed E-state index contributed by atoms with van der Waals surface area (Å²) in [4.78, 5) is 32.9. The van der Waals surface area contributed by atoms with E-state index in [2.05, 4.69) is 15.2 Å². The maximum atomic E-state index is 15.1. The van der Waals surface area contributed by atoms with Crippen LogP contribution < -0.4 is 15.8 Å². The van der Waals surface area contributed by atoms with E-state index in [0.717, 1.165) is 24.8 Å². The van der Waals surface area contributed by atoms with Gasteiger partial charge in [-0.25, -0.2) is 4.39 Å². The van der Waals surface area contributed by atoms with Gasteiger partial charge in [-0.15, -0.1) is 0 Å². The van der Waals surface area contributed by atoms with Gasteiger partial charge in [0, 0.05) is 57.6 Å². The number of nitrogens with zero attached hydrogens (tertiary/aromatic N) is 3. The van der Waals surface area contributed by atoms with Crippen LogP contribution in [0, 0.1) is 5.82 Å². The highest BCUT2D eigenvalue weighted by Crippen LogP contribution is 2.35. The van der Waals surface area contributed by atoms with Crippen molar-refractivity contribution in [3.05, 3.63) is 81.5 Å². The van der Waals surface area contributed by atoms with Gasteiger partial charge in [-0.3, -0.25) is 14.5 Å². The molecule has 0 unspecified atom stereocenters. The lowest BCUT2D eigenvalue weighted by Crippen LogP contribution is -2.35. The lowest BCUT2D eigenvalue weighted by atomic mass is 10.00. The summed E-state index contributed by atoms with van der Waals surface area (Å²) in [6.07, 6.45) is -4.17. The fourth-order valence-corrected chi connectivity index (χ4v) is 4.60. The van der Waals surface area contributed by atoms with Gasteiger partial charge in [0.05, 0.1) is 35.7 Å². The second-order valence-corrected chi connectivity index (χ2v) is 10.2. The van der Waals surface area contributed by atoms with E-state index in [4.69, 9.17) is 4.74 Å². The SMILES string of the molecule is CN(C)CCN(C)c1ccc(-c2cc(CN3CCOCC3)ccc2F)cc1NC(=O)c1c[nH]c(=O)cc1C(F)(F)F. The molecule has 0 saturated carbocycles. The molecule has 4 rings (SSSR count). The first-order chi connectivity index (χ1) is 19.4. The Morgan fingerprint density at radius 2 is 1.78 bits per heavy atom. The largest absolute Gasteiger partial charge is 0.417 e. The Hall–Kier alpha value is -3.74. The van der Waals surface area contributed by atoms with E-state index in [1.54, 1.807) is 37.4 Å². The lowest BCUT2D eigenvalue weighted by Gasteiger charge is -2.27. The quantitative estimate of drug-likeness (QED) is 0.371. The molecular weight excluding hydrogens is 542 g/mol. The normalized spacial score (nSPS) is 14.3. The Kier molecular flexibility index (Phi) is 9.46. The Morgan fingerprint density at radius 1 is 1.05 bits per heavy atom. The number of ether oxygens (including phenoxy) is 1. The van der Waals surface area contributed by atoms with Gasteiger partial charge in [-0.1, -0.05) is 12.1 Å². The predicted octanol–water partition coefficient (Wildman–Crippen LogP) is 4.28.